The lowest BCUT2D eigenvalue weighted by Gasteiger charge is -2.36. The maximum Gasteiger partial charge on any atom is 0.0463 e. The lowest BCUT2D eigenvalue weighted by atomic mass is 9.67. The molecule has 0 aromatic heterocycles. The molecule has 0 radical (unpaired) electrons. The molecule has 0 spiro atoms. The molecule has 0 fully saturated rings. The second-order valence-electron chi connectivity index (χ2n) is 12.0. The van der Waals surface area contributed by atoms with Crippen LogP contribution in [0.15, 0.2) is 79.9 Å². The Balaban J connectivity index is 2.07. The minimum atomic E-state index is -0.174. The maximum absolute atomic E-state index is 4.04. The number of fused-ring (bicyclic) bond motifs is 3. The standard InChI is InChI=1S/C36H44/c1-9-13-14-23-36(27-17-15-26(10-2)16-18-27)32-24-28(34(5,6)7)19-21-30(32)31-22-20-29(25-33(31)36)35(8,11-3)12-4/h9-10,15-22,24-25H,1-2,11-14,23H2,3-8H3. The van der Waals surface area contributed by atoms with Crippen molar-refractivity contribution in [1.29, 1.82) is 0 Å². The van der Waals surface area contributed by atoms with Crippen LogP contribution in [0.4, 0.5) is 0 Å². The van der Waals surface area contributed by atoms with Crippen LogP contribution < -0.4 is 0 Å². The number of allylic oxidation sites excluding steroid dienone is 1. The van der Waals surface area contributed by atoms with Crippen molar-refractivity contribution in [3.63, 3.8) is 0 Å². The van der Waals surface area contributed by atoms with E-state index in [0.29, 0.717) is 0 Å². The van der Waals surface area contributed by atoms with E-state index in [-0.39, 0.29) is 16.2 Å². The molecule has 1 atom stereocenters. The SMILES string of the molecule is C=CCCCC1(c2ccc(C=C)cc2)c2cc(C(C)(C)C)ccc2-c2ccc(C(C)(CC)CC)cc21. The smallest absolute Gasteiger partial charge is 0.0463 e. The Bertz CT molecular complexity index is 1240. The second kappa shape index (κ2) is 9.89. The van der Waals surface area contributed by atoms with Gasteiger partial charge in [0.15, 0.2) is 0 Å². The highest BCUT2D eigenvalue weighted by Crippen LogP contribution is 2.56. The first-order valence-corrected chi connectivity index (χ1v) is 13.8. The molecule has 3 aromatic carbocycles. The van der Waals surface area contributed by atoms with Crippen molar-refractivity contribution < 1.29 is 0 Å². The van der Waals surface area contributed by atoms with Gasteiger partial charge < -0.3 is 0 Å². The van der Waals surface area contributed by atoms with Crippen molar-refractivity contribution in [2.24, 2.45) is 0 Å². The van der Waals surface area contributed by atoms with Crippen molar-refractivity contribution >= 4 is 6.08 Å². The molecule has 0 saturated carbocycles. The number of unbranched alkanes of at least 4 members (excludes halogenated alkanes) is 1. The Hall–Kier alpha value is -2.86. The summed E-state index contributed by atoms with van der Waals surface area (Å²) in [7, 11) is 0. The predicted molar refractivity (Wildman–Crippen MR) is 159 cm³/mol. The second-order valence-corrected chi connectivity index (χ2v) is 12.0. The summed E-state index contributed by atoms with van der Waals surface area (Å²) in [5.41, 5.74) is 11.3. The monoisotopic (exact) mass is 476 g/mol. The molecule has 0 saturated heterocycles. The largest absolute Gasteiger partial charge is 0.103 e. The van der Waals surface area contributed by atoms with Crippen LogP contribution in [0.3, 0.4) is 0 Å². The van der Waals surface area contributed by atoms with Gasteiger partial charge in [0.2, 0.25) is 0 Å². The van der Waals surface area contributed by atoms with Gasteiger partial charge in [-0.15, -0.1) is 6.58 Å². The molecular weight excluding hydrogens is 432 g/mol. The van der Waals surface area contributed by atoms with E-state index >= 15 is 0 Å². The summed E-state index contributed by atoms with van der Waals surface area (Å²) >= 11 is 0. The highest BCUT2D eigenvalue weighted by Gasteiger charge is 2.45. The minimum Gasteiger partial charge on any atom is -0.103 e. The van der Waals surface area contributed by atoms with Gasteiger partial charge in [0.05, 0.1) is 0 Å². The van der Waals surface area contributed by atoms with E-state index in [1.807, 2.05) is 6.08 Å². The Morgan fingerprint density at radius 3 is 1.81 bits per heavy atom. The van der Waals surface area contributed by atoms with E-state index in [9.17, 15) is 0 Å². The van der Waals surface area contributed by atoms with Crippen molar-refractivity contribution in [2.45, 2.75) is 89.9 Å². The zero-order valence-corrected chi connectivity index (χ0v) is 23.4. The molecule has 1 aliphatic carbocycles. The van der Waals surface area contributed by atoms with Crippen LogP contribution in [-0.2, 0) is 16.2 Å². The van der Waals surface area contributed by atoms with Gasteiger partial charge in [-0.3, -0.25) is 0 Å². The van der Waals surface area contributed by atoms with Gasteiger partial charge in [0, 0.05) is 5.41 Å². The van der Waals surface area contributed by atoms with Gasteiger partial charge in [-0.05, 0) is 87.4 Å². The van der Waals surface area contributed by atoms with Gasteiger partial charge in [-0.2, -0.15) is 0 Å². The molecule has 0 heteroatoms. The van der Waals surface area contributed by atoms with E-state index in [0.717, 1.165) is 32.1 Å². The number of hydrogen-bond acceptors (Lipinski definition) is 0. The highest BCUT2D eigenvalue weighted by atomic mass is 14.5. The fraction of sp³-hybridized carbons (Fsp3) is 0.389. The van der Waals surface area contributed by atoms with Crippen LogP contribution in [0.5, 0.6) is 0 Å². The maximum atomic E-state index is 4.04. The number of benzene rings is 3. The molecule has 1 aliphatic rings. The molecule has 36 heavy (non-hydrogen) atoms. The summed E-state index contributed by atoms with van der Waals surface area (Å²) in [5.74, 6) is 0. The summed E-state index contributed by atoms with van der Waals surface area (Å²) in [5, 5.41) is 0. The topological polar surface area (TPSA) is 0 Å². The molecule has 0 nitrogen and oxygen atoms in total. The van der Waals surface area contributed by atoms with Crippen LogP contribution in [0.2, 0.25) is 0 Å². The van der Waals surface area contributed by atoms with Crippen LogP contribution in [-0.4, -0.2) is 0 Å². The fourth-order valence-corrected chi connectivity index (χ4v) is 6.05. The normalized spacial score (nSPS) is 16.9. The van der Waals surface area contributed by atoms with Crippen molar-refractivity contribution in [3.05, 3.63) is 113 Å². The van der Waals surface area contributed by atoms with E-state index < -0.39 is 0 Å². The van der Waals surface area contributed by atoms with E-state index in [1.165, 1.54) is 44.5 Å². The summed E-state index contributed by atoms with van der Waals surface area (Å²) in [6.45, 7) is 22.1. The molecule has 4 rings (SSSR count). The average Bonchev–Trinajstić information content (AvgIpc) is 3.17. The molecule has 1 unspecified atom stereocenters. The van der Waals surface area contributed by atoms with Gasteiger partial charge in [-0.25, -0.2) is 0 Å². The quantitative estimate of drug-likeness (QED) is 0.213. The lowest BCUT2D eigenvalue weighted by Crippen LogP contribution is -2.29. The summed E-state index contributed by atoms with van der Waals surface area (Å²) < 4.78 is 0. The number of hydrogen-bond donors (Lipinski definition) is 0. The molecule has 0 amide bonds. The van der Waals surface area contributed by atoms with Gasteiger partial charge in [0.1, 0.15) is 0 Å². The Morgan fingerprint density at radius 2 is 1.31 bits per heavy atom. The zero-order valence-electron chi connectivity index (χ0n) is 23.4. The fourth-order valence-electron chi connectivity index (χ4n) is 6.05. The first kappa shape index (κ1) is 26.2. The first-order valence-electron chi connectivity index (χ1n) is 13.8. The summed E-state index contributed by atoms with van der Waals surface area (Å²) in [6, 6.07) is 23.8. The molecule has 0 aliphatic heterocycles. The van der Waals surface area contributed by atoms with Crippen LogP contribution in [0.25, 0.3) is 17.2 Å². The summed E-state index contributed by atoms with van der Waals surface area (Å²) in [6.07, 6.45) is 9.49. The molecule has 0 heterocycles. The highest BCUT2D eigenvalue weighted by molar-refractivity contribution is 5.84. The average molecular weight is 477 g/mol. The van der Waals surface area contributed by atoms with E-state index in [1.54, 1.807) is 0 Å². The summed E-state index contributed by atoms with van der Waals surface area (Å²) in [4.78, 5) is 0. The third-order valence-corrected chi connectivity index (χ3v) is 8.97. The van der Waals surface area contributed by atoms with Crippen molar-refractivity contribution in [2.75, 3.05) is 0 Å². The third-order valence-electron chi connectivity index (χ3n) is 8.97. The molecule has 0 N–H and O–H groups in total. The molecular formula is C36H44. The van der Waals surface area contributed by atoms with Gasteiger partial charge in [-0.1, -0.05) is 121 Å². The Labute approximate surface area is 220 Å². The zero-order chi connectivity index (χ0) is 26.1. The Kier molecular flexibility index (Phi) is 7.20. The van der Waals surface area contributed by atoms with Gasteiger partial charge >= 0.3 is 0 Å². The van der Waals surface area contributed by atoms with E-state index in [4.69, 9.17) is 0 Å². The third kappa shape index (κ3) is 4.30. The van der Waals surface area contributed by atoms with Crippen molar-refractivity contribution in [3.8, 4) is 11.1 Å². The van der Waals surface area contributed by atoms with E-state index in [2.05, 4.69) is 121 Å². The molecule has 0 bridgehead atoms. The van der Waals surface area contributed by atoms with Crippen LogP contribution in [0.1, 0.15) is 107 Å². The van der Waals surface area contributed by atoms with Crippen LogP contribution >= 0.6 is 0 Å². The van der Waals surface area contributed by atoms with Crippen molar-refractivity contribution in [1.82, 2.24) is 0 Å². The first-order chi connectivity index (χ1) is 17.1. The molecule has 188 valence electrons. The number of rotatable bonds is 9. The minimum absolute atomic E-state index is 0.0948. The Morgan fingerprint density at radius 1 is 0.750 bits per heavy atom. The van der Waals surface area contributed by atoms with Gasteiger partial charge in [0.25, 0.3) is 0 Å². The lowest BCUT2D eigenvalue weighted by molar-refractivity contribution is 0.437. The predicted octanol–water partition coefficient (Wildman–Crippen LogP) is 10.4. The molecule has 3 aromatic rings. The van der Waals surface area contributed by atoms with Crippen LogP contribution in [0, 0.1) is 0 Å².